The zero-order chi connectivity index (χ0) is 25.0. The average Bonchev–Trinajstić information content (AvgIpc) is 2.76. The van der Waals surface area contributed by atoms with Crippen molar-refractivity contribution < 1.29 is 19.0 Å². The molecular formula is C26H32BrN3O4. The lowest BCUT2D eigenvalue weighted by Gasteiger charge is -2.43. The Morgan fingerprint density at radius 1 is 1.35 bits per heavy atom. The summed E-state index contributed by atoms with van der Waals surface area (Å²) < 4.78 is 17.6. The Balaban J connectivity index is 2.24. The van der Waals surface area contributed by atoms with Gasteiger partial charge in [-0.05, 0) is 52.4 Å². The molecule has 0 unspecified atom stereocenters. The molecule has 2 N–H and O–H groups in total. The second kappa shape index (κ2) is 10.7. The van der Waals surface area contributed by atoms with Crippen LogP contribution >= 0.6 is 15.9 Å². The number of ketones is 1. The van der Waals surface area contributed by atoms with Crippen LogP contribution in [0.15, 0.2) is 51.9 Å². The van der Waals surface area contributed by atoms with E-state index in [0.717, 1.165) is 11.3 Å². The van der Waals surface area contributed by atoms with E-state index in [0.29, 0.717) is 72.1 Å². The number of carbonyl (C=O) groups is 1. The number of halogens is 1. The summed E-state index contributed by atoms with van der Waals surface area (Å²) in [7, 11) is 1.62. The number of methoxy groups -OCH3 is 1. The van der Waals surface area contributed by atoms with Crippen LogP contribution in [0.4, 0.5) is 0 Å². The number of nitriles is 1. The van der Waals surface area contributed by atoms with Crippen LogP contribution in [0.25, 0.3) is 0 Å². The lowest BCUT2D eigenvalue weighted by Crippen LogP contribution is -2.43. The zero-order valence-electron chi connectivity index (χ0n) is 20.2. The molecule has 1 aromatic rings. The number of hydrogen-bond acceptors (Lipinski definition) is 7. The van der Waals surface area contributed by atoms with Crippen LogP contribution in [-0.2, 0) is 9.53 Å². The molecule has 1 aromatic carbocycles. The second-order valence-electron chi connectivity index (χ2n) is 9.15. The molecular weight excluding hydrogens is 498 g/mol. The van der Waals surface area contributed by atoms with E-state index >= 15 is 0 Å². The lowest BCUT2D eigenvalue weighted by atomic mass is 9.68. The SMILES string of the molecule is C=CCOc1c(Br)cc([C@H]2C(C#N)=C(N)N(CCOC)C3=C2C(=O)CC(C)(C)C3)cc1OCC. The van der Waals surface area contributed by atoms with E-state index < -0.39 is 5.92 Å². The summed E-state index contributed by atoms with van der Waals surface area (Å²) in [5.74, 6) is 0.863. The summed E-state index contributed by atoms with van der Waals surface area (Å²) in [6.07, 6.45) is 2.73. The third kappa shape index (κ3) is 5.01. The van der Waals surface area contributed by atoms with Crippen LogP contribution in [0.1, 0.15) is 45.1 Å². The minimum atomic E-state index is -0.591. The van der Waals surface area contributed by atoms with Gasteiger partial charge in [-0.15, -0.1) is 0 Å². The molecule has 1 heterocycles. The first-order valence-corrected chi connectivity index (χ1v) is 12.1. The maximum absolute atomic E-state index is 13.6. The van der Waals surface area contributed by atoms with Gasteiger partial charge in [0.15, 0.2) is 17.3 Å². The van der Waals surface area contributed by atoms with E-state index in [1.165, 1.54) is 0 Å². The van der Waals surface area contributed by atoms with Crippen LogP contribution in [0.3, 0.4) is 0 Å². The molecule has 34 heavy (non-hydrogen) atoms. The van der Waals surface area contributed by atoms with E-state index in [1.54, 1.807) is 13.2 Å². The van der Waals surface area contributed by atoms with Crippen molar-refractivity contribution in [3.05, 3.63) is 57.5 Å². The fourth-order valence-corrected chi connectivity index (χ4v) is 5.22. The predicted octanol–water partition coefficient (Wildman–Crippen LogP) is 4.80. The normalized spacial score (nSPS) is 19.6. The standard InChI is InChI=1S/C26H32BrN3O4/c1-6-9-34-24-18(27)11-16(12-21(24)33-7-2)22-17(15-28)25(29)30(8-10-32-5)19-13-26(3,4)14-20(31)23(19)22/h6,11-12,22H,1,7-10,13-14,29H2,2-5H3/t22-/m0/s1. The number of benzene rings is 1. The molecule has 1 aliphatic heterocycles. The minimum absolute atomic E-state index is 0.0278. The van der Waals surface area contributed by atoms with Gasteiger partial charge >= 0.3 is 0 Å². The van der Waals surface area contributed by atoms with Crippen LogP contribution < -0.4 is 15.2 Å². The number of rotatable bonds is 9. The maximum Gasteiger partial charge on any atom is 0.175 e. The fourth-order valence-electron chi connectivity index (χ4n) is 4.65. The van der Waals surface area contributed by atoms with Gasteiger partial charge in [-0.1, -0.05) is 26.5 Å². The number of carbonyl (C=O) groups excluding carboxylic acids is 1. The predicted molar refractivity (Wildman–Crippen MR) is 134 cm³/mol. The molecule has 0 saturated heterocycles. The molecule has 8 heteroatoms. The number of nitrogens with zero attached hydrogens (tertiary/aromatic N) is 2. The van der Waals surface area contributed by atoms with Gasteiger partial charge in [0.1, 0.15) is 12.4 Å². The van der Waals surface area contributed by atoms with Gasteiger partial charge in [-0.25, -0.2) is 0 Å². The highest BCUT2D eigenvalue weighted by molar-refractivity contribution is 9.10. The summed E-state index contributed by atoms with van der Waals surface area (Å²) in [5.41, 5.74) is 8.93. The summed E-state index contributed by atoms with van der Waals surface area (Å²) in [6.45, 7) is 11.4. The van der Waals surface area contributed by atoms with Gasteiger partial charge in [-0.3, -0.25) is 4.79 Å². The highest BCUT2D eigenvalue weighted by atomic mass is 79.9. The van der Waals surface area contributed by atoms with Crippen molar-refractivity contribution in [3.63, 3.8) is 0 Å². The molecule has 0 bridgehead atoms. The Morgan fingerprint density at radius 2 is 2.09 bits per heavy atom. The van der Waals surface area contributed by atoms with Gasteiger partial charge in [0.2, 0.25) is 0 Å². The maximum atomic E-state index is 13.6. The largest absolute Gasteiger partial charge is 0.490 e. The monoisotopic (exact) mass is 529 g/mol. The van der Waals surface area contributed by atoms with Gasteiger partial charge in [0, 0.05) is 31.3 Å². The van der Waals surface area contributed by atoms with E-state index in [4.69, 9.17) is 19.9 Å². The van der Waals surface area contributed by atoms with Crippen LogP contribution in [0.5, 0.6) is 11.5 Å². The van der Waals surface area contributed by atoms with E-state index in [-0.39, 0.29) is 11.2 Å². The first kappa shape index (κ1) is 25.9. The van der Waals surface area contributed by atoms with Gasteiger partial charge in [0.05, 0.1) is 35.2 Å². The summed E-state index contributed by atoms with van der Waals surface area (Å²) in [6, 6.07) is 6.00. The van der Waals surface area contributed by atoms with Crippen molar-refractivity contribution in [2.24, 2.45) is 11.1 Å². The molecule has 7 nitrogen and oxygen atoms in total. The average molecular weight is 530 g/mol. The van der Waals surface area contributed by atoms with Crippen molar-refractivity contribution >= 4 is 21.7 Å². The van der Waals surface area contributed by atoms with Crippen molar-refractivity contribution in [3.8, 4) is 17.6 Å². The smallest absolute Gasteiger partial charge is 0.175 e. The van der Waals surface area contributed by atoms with Crippen molar-refractivity contribution in [2.45, 2.75) is 39.5 Å². The lowest BCUT2D eigenvalue weighted by molar-refractivity contribution is -0.118. The highest BCUT2D eigenvalue weighted by Crippen LogP contribution is 2.50. The molecule has 1 aliphatic carbocycles. The van der Waals surface area contributed by atoms with Gasteiger partial charge < -0.3 is 24.8 Å². The second-order valence-corrected chi connectivity index (χ2v) is 10.0. The molecule has 182 valence electrons. The molecule has 0 fully saturated rings. The van der Waals surface area contributed by atoms with Crippen molar-refractivity contribution in [2.75, 3.05) is 33.5 Å². The molecule has 0 spiro atoms. The fraction of sp³-hybridized carbons (Fsp3) is 0.462. The van der Waals surface area contributed by atoms with Gasteiger partial charge in [-0.2, -0.15) is 5.26 Å². The number of ether oxygens (including phenoxy) is 3. The van der Waals surface area contributed by atoms with Crippen LogP contribution in [-0.4, -0.2) is 44.2 Å². The molecule has 3 rings (SSSR count). The third-order valence-electron chi connectivity index (χ3n) is 6.02. The van der Waals surface area contributed by atoms with Crippen molar-refractivity contribution in [1.29, 1.82) is 5.26 Å². The Hall–Kier alpha value is -2.76. The summed E-state index contributed by atoms with van der Waals surface area (Å²) in [4.78, 5) is 15.4. The van der Waals surface area contributed by atoms with Crippen LogP contribution in [0.2, 0.25) is 0 Å². The quantitative estimate of drug-likeness (QED) is 0.459. The molecule has 1 atom stereocenters. The first-order chi connectivity index (χ1) is 16.2. The Bertz CT molecular complexity index is 1080. The Labute approximate surface area is 210 Å². The number of Topliss-reactive ketones (excluding diaryl/α,β-unsaturated/α-hetero) is 1. The van der Waals surface area contributed by atoms with Crippen molar-refractivity contribution in [1.82, 2.24) is 4.90 Å². The summed E-state index contributed by atoms with van der Waals surface area (Å²) in [5, 5.41) is 10.2. The molecule has 2 aliphatic rings. The van der Waals surface area contributed by atoms with Gasteiger partial charge in [0.25, 0.3) is 0 Å². The van der Waals surface area contributed by atoms with E-state index in [1.807, 2.05) is 24.0 Å². The number of hydrogen-bond donors (Lipinski definition) is 1. The molecule has 0 aromatic heterocycles. The minimum Gasteiger partial charge on any atom is -0.490 e. The van der Waals surface area contributed by atoms with E-state index in [2.05, 4.69) is 42.4 Å². The molecule has 0 amide bonds. The highest BCUT2D eigenvalue weighted by Gasteiger charge is 2.44. The third-order valence-corrected chi connectivity index (χ3v) is 6.61. The zero-order valence-corrected chi connectivity index (χ0v) is 21.8. The number of nitrogens with two attached hydrogens (primary N) is 1. The number of allylic oxidation sites excluding steroid dienone is 3. The molecule has 0 radical (unpaired) electrons. The van der Waals surface area contributed by atoms with Crippen LogP contribution in [0, 0.1) is 16.7 Å². The first-order valence-electron chi connectivity index (χ1n) is 11.3. The van der Waals surface area contributed by atoms with E-state index in [9.17, 15) is 10.1 Å². The summed E-state index contributed by atoms with van der Waals surface area (Å²) >= 11 is 3.59. The molecule has 0 saturated carbocycles. The topological polar surface area (TPSA) is 97.8 Å². The Morgan fingerprint density at radius 3 is 2.71 bits per heavy atom. The Kier molecular flexibility index (Phi) is 8.11.